The van der Waals surface area contributed by atoms with Gasteiger partial charge >= 0.3 is 0 Å². The summed E-state index contributed by atoms with van der Waals surface area (Å²) >= 11 is 0. The lowest BCUT2D eigenvalue weighted by molar-refractivity contribution is 0.534. The van der Waals surface area contributed by atoms with Crippen LogP contribution in [0.25, 0.3) is 0 Å². The van der Waals surface area contributed by atoms with Crippen molar-refractivity contribution >= 4 is 0 Å². The second-order valence-electron chi connectivity index (χ2n) is 4.36. The molecular formula is C15H19NO. The van der Waals surface area contributed by atoms with Crippen molar-refractivity contribution in [3.63, 3.8) is 0 Å². The molecule has 0 aliphatic heterocycles. The monoisotopic (exact) mass is 229 g/mol. The lowest BCUT2D eigenvalue weighted by atomic mass is 9.99. The highest BCUT2D eigenvalue weighted by Gasteiger charge is 2.11. The van der Waals surface area contributed by atoms with E-state index in [0.717, 1.165) is 13.0 Å². The molecule has 1 unspecified atom stereocenters. The summed E-state index contributed by atoms with van der Waals surface area (Å²) in [7, 11) is 0. The van der Waals surface area contributed by atoms with Gasteiger partial charge in [0.25, 0.3) is 0 Å². The van der Waals surface area contributed by atoms with Crippen LogP contribution in [0, 0.1) is 6.92 Å². The SMILES string of the molecule is CCNC(Cc1ccoc1)c1cccc(C)c1. The molecule has 2 aromatic rings. The van der Waals surface area contributed by atoms with E-state index in [1.807, 2.05) is 12.3 Å². The Balaban J connectivity index is 2.16. The van der Waals surface area contributed by atoms with Crippen molar-refractivity contribution in [3.05, 3.63) is 59.5 Å². The molecule has 0 saturated heterocycles. The number of furan rings is 1. The van der Waals surface area contributed by atoms with Crippen LogP contribution in [0.3, 0.4) is 0 Å². The van der Waals surface area contributed by atoms with Crippen molar-refractivity contribution in [2.75, 3.05) is 6.54 Å². The maximum absolute atomic E-state index is 5.13. The van der Waals surface area contributed by atoms with E-state index in [-0.39, 0.29) is 0 Å². The van der Waals surface area contributed by atoms with E-state index in [1.165, 1.54) is 16.7 Å². The van der Waals surface area contributed by atoms with Crippen molar-refractivity contribution in [1.82, 2.24) is 5.32 Å². The summed E-state index contributed by atoms with van der Waals surface area (Å²) in [4.78, 5) is 0. The largest absolute Gasteiger partial charge is 0.472 e. The van der Waals surface area contributed by atoms with Gasteiger partial charge < -0.3 is 9.73 Å². The quantitative estimate of drug-likeness (QED) is 0.849. The molecule has 2 nitrogen and oxygen atoms in total. The van der Waals surface area contributed by atoms with Crippen molar-refractivity contribution in [1.29, 1.82) is 0 Å². The minimum absolute atomic E-state index is 0.359. The van der Waals surface area contributed by atoms with E-state index in [2.05, 4.69) is 43.4 Å². The van der Waals surface area contributed by atoms with Gasteiger partial charge in [0.2, 0.25) is 0 Å². The van der Waals surface area contributed by atoms with Crippen LogP contribution in [-0.4, -0.2) is 6.54 Å². The lowest BCUT2D eigenvalue weighted by Crippen LogP contribution is -2.22. The van der Waals surface area contributed by atoms with Gasteiger partial charge in [-0.3, -0.25) is 0 Å². The molecule has 2 heteroatoms. The normalized spacial score (nSPS) is 12.6. The van der Waals surface area contributed by atoms with E-state index >= 15 is 0 Å². The van der Waals surface area contributed by atoms with Crippen LogP contribution in [0.4, 0.5) is 0 Å². The van der Waals surface area contributed by atoms with Crippen molar-refractivity contribution in [2.24, 2.45) is 0 Å². The number of rotatable bonds is 5. The van der Waals surface area contributed by atoms with Gasteiger partial charge in [0.1, 0.15) is 0 Å². The van der Waals surface area contributed by atoms with Crippen LogP contribution in [-0.2, 0) is 6.42 Å². The van der Waals surface area contributed by atoms with Crippen molar-refractivity contribution in [3.8, 4) is 0 Å². The molecule has 0 radical (unpaired) electrons. The standard InChI is InChI=1S/C15H19NO/c1-3-16-15(10-13-7-8-17-11-13)14-6-4-5-12(2)9-14/h4-9,11,15-16H,3,10H2,1-2H3. The summed E-state index contributed by atoms with van der Waals surface area (Å²) in [5.74, 6) is 0. The maximum atomic E-state index is 5.13. The Morgan fingerprint density at radius 1 is 1.29 bits per heavy atom. The second-order valence-corrected chi connectivity index (χ2v) is 4.36. The number of likely N-dealkylation sites (N-methyl/N-ethyl adjacent to an activating group) is 1. The molecule has 17 heavy (non-hydrogen) atoms. The first kappa shape index (κ1) is 11.9. The fraction of sp³-hybridized carbons (Fsp3) is 0.333. The molecule has 1 aromatic heterocycles. The van der Waals surface area contributed by atoms with Crippen molar-refractivity contribution in [2.45, 2.75) is 26.3 Å². The predicted molar refractivity (Wildman–Crippen MR) is 70.0 cm³/mol. The summed E-state index contributed by atoms with van der Waals surface area (Å²) < 4.78 is 5.13. The molecular weight excluding hydrogens is 210 g/mol. The molecule has 0 bridgehead atoms. The van der Waals surface area contributed by atoms with Gasteiger partial charge in [-0.05, 0) is 37.1 Å². The zero-order chi connectivity index (χ0) is 12.1. The van der Waals surface area contributed by atoms with Crippen LogP contribution in [0.2, 0.25) is 0 Å². The molecule has 0 aliphatic carbocycles. The van der Waals surface area contributed by atoms with E-state index in [0.29, 0.717) is 6.04 Å². The van der Waals surface area contributed by atoms with Crippen LogP contribution in [0.15, 0.2) is 47.3 Å². The minimum atomic E-state index is 0.359. The number of aryl methyl sites for hydroxylation is 1. The Hall–Kier alpha value is -1.54. The third-order valence-corrected chi connectivity index (χ3v) is 2.91. The Kier molecular flexibility index (Phi) is 3.99. The highest BCUT2D eigenvalue weighted by molar-refractivity contribution is 5.26. The van der Waals surface area contributed by atoms with E-state index < -0.39 is 0 Å². The average Bonchev–Trinajstić information content (AvgIpc) is 2.81. The molecule has 1 atom stereocenters. The van der Waals surface area contributed by atoms with Crippen LogP contribution in [0.1, 0.15) is 29.7 Å². The molecule has 1 N–H and O–H groups in total. The van der Waals surface area contributed by atoms with Gasteiger partial charge in [0, 0.05) is 6.04 Å². The van der Waals surface area contributed by atoms with Crippen LogP contribution < -0.4 is 5.32 Å². The third kappa shape index (κ3) is 3.21. The summed E-state index contributed by atoms with van der Waals surface area (Å²) in [6.07, 6.45) is 4.52. The van der Waals surface area contributed by atoms with E-state index in [9.17, 15) is 0 Å². The molecule has 2 rings (SSSR count). The van der Waals surface area contributed by atoms with Gasteiger partial charge in [-0.1, -0.05) is 36.8 Å². The molecule has 0 fully saturated rings. The topological polar surface area (TPSA) is 25.2 Å². The smallest absolute Gasteiger partial charge is 0.0935 e. The number of benzene rings is 1. The number of hydrogen-bond acceptors (Lipinski definition) is 2. The fourth-order valence-corrected chi connectivity index (χ4v) is 2.09. The number of nitrogens with one attached hydrogen (secondary N) is 1. The fourth-order valence-electron chi connectivity index (χ4n) is 2.09. The van der Waals surface area contributed by atoms with Gasteiger partial charge in [-0.15, -0.1) is 0 Å². The summed E-state index contributed by atoms with van der Waals surface area (Å²) in [6, 6.07) is 11.1. The average molecular weight is 229 g/mol. The molecule has 1 heterocycles. The van der Waals surface area contributed by atoms with Gasteiger partial charge in [-0.25, -0.2) is 0 Å². The zero-order valence-electron chi connectivity index (χ0n) is 10.4. The number of hydrogen-bond donors (Lipinski definition) is 1. The molecule has 1 aromatic carbocycles. The molecule has 0 aliphatic rings. The minimum Gasteiger partial charge on any atom is -0.472 e. The van der Waals surface area contributed by atoms with E-state index in [4.69, 9.17) is 4.42 Å². The zero-order valence-corrected chi connectivity index (χ0v) is 10.4. The second kappa shape index (κ2) is 5.69. The molecule has 0 spiro atoms. The highest BCUT2D eigenvalue weighted by atomic mass is 16.3. The Labute approximate surface area is 103 Å². The highest BCUT2D eigenvalue weighted by Crippen LogP contribution is 2.19. The Morgan fingerprint density at radius 3 is 2.82 bits per heavy atom. The summed E-state index contributed by atoms with van der Waals surface area (Å²) in [6.45, 7) is 5.24. The molecule has 90 valence electrons. The van der Waals surface area contributed by atoms with Gasteiger partial charge in [-0.2, -0.15) is 0 Å². The van der Waals surface area contributed by atoms with Gasteiger partial charge in [0.15, 0.2) is 0 Å². The Bertz CT molecular complexity index is 448. The van der Waals surface area contributed by atoms with E-state index in [1.54, 1.807) is 6.26 Å². The first-order valence-corrected chi connectivity index (χ1v) is 6.10. The lowest BCUT2D eigenvalue weighted by Gasteiger charge is -2.18. The van der Waals surface area contributed by atoms with Crippen molar-refractivity contribution < 1.29 is 4.42 Å². The summed E-state index contributed by atoms with van der Waals surface area (Å²) in [5, 5.41) is 3.52. The van der Waals surface area contributed by atoms with Crippen LogP contribution in [0.5, 0.6) is 0 Å². The maximum Gasteiger partial charge on any atom is 0.0935 e. The molecule has 0 saturated carbocycles. The first-order valence-electron chi connectivity index (χ1n) is 6.10. The Morgan fingerprint density at radius 2 is 2.18 bits per heavy atom. The first-order chi connectivity index (χ1) is 8.29. The summed E-state index contributed by atoms with van der Waals surface area (Å²) in [5.41, 5.74) is 3.88. The van der Waals surface area contributed by atoms with Crippen LogP contribution >= 0.6 is 0 Å². The third-order valence-electron chi connectivity index (χ3n) is 2.91. The van der Waals surface area contributed by atoms with Gasteiger partial charge in [0.05, 0.1) is 12.5 Å². The molecule has 0 amide bonds. The predicted octanol–water partition coefficient (Wildman–Crippen LogP) is 3.48.